The number of β-amino-alcohol motifs (C(OH)–C–C–N with tert-alkyl or cyclic N) is 1. The number of rotatable bonds is 4. The van der Waals surface area contributed by atoms with Gasteiger partial charge in [0.05, 0.1) is 18.6 Å². The van der Waals surface area contributed by atoms with Crippen molar-refractivity contribution < 1.29 is 14.6 Å². The number of carbonyl (C=O) groups excluding carboxylic acids is 1. The molecule has 1 aliphatic rings. The maximum atomic E-state index is 11.5. The van der Waals surface area contributed by atoms with Gasteiger partial charge in [-0.1, -0.05) is 30.3 Å². The monoisotopic (exact) mass is 277 g/mol. The first-order chi connectivity index (χ1) is 9.53. The van der Waals surface area contributed by atoms with Crippen LogP contribution < -0.4 is 0 Å². The number of methoxy groups -OCH3 is 1. The average molecular weight is 277 g/mol. The van der Waals surface area contributed by atoms with E-state index in [-0.39, 0.29) is 11.9 Å². The van der Waals surface area contributed by atoms with Crippen molar-refractivity contribution in [1.82, 2.24) is 4.90 Å². The zero-order chi connectivity index (χ0) is 14.6. The van der Waals surface area contributed by atoms with Gasteiger partial charge in [0.25, 0.3) is 0 Å². The number of esters is 1. The molecule has 0 aliphatic carbocycles. The van der Waals surface area contributed by atoms with Gasteiger partial charge in [-0.3, -0.25) is 4.79 Å². The molecule has 2 rings (SSSR count). The largest absolute Gasteiger partial charge is 0.469 e. The zero-order valence-corrected chi connectivity index (χ0v) is 12.2. The van der Waals surface area contributed by atoms with Crippen LogP contribution in [0.1, 0.15) is 25.3 Å². The van der Waals surface area contributed by atoms with Crippen molar-refractivity contribution >= 4 is 5.97 Å². The molecule has 0 aromatic heterocycles. The summed E-state index contributed by atoms with van der Waals surface area (Å²) in [6.07, 6.45) is 1.61. The van der Waals surface area contributed by atoms with Gasteiger partial charge in [0.2, 0.25) is 0 Å². The highest BCUT2D eigenvalue weighted by molar-refractivity contribution is 5.72. The fourth-order valence-electron chi connectivity index (χ4n) is 2.82. The van der Waals surface area contributed by atoms with E-state index in [9.17, 15) is 9.90 Å². The normalized spacial score (nSPS) is 20.4. The van der Waals surface area contributed by atoms with E-state index in [0.29, 0.717) is 6.54 Å². The fraction of sp³-hybridized carbons (Fsp3) is 0.562. The van der Waals surface area contributed by atoms with E-state index in [1.54, 1.807) is 0 Å². The van der Waals surface area contributed by atoms with Crippen LogP contribution in [0.15, 0.2) is 30.3 Å². The Morgan fingerprint density at radius 3 is 2.50 bits per heavy atom. The second kappa shape index (κ2) is 6.37. The third-order valence-electron chi connectivity index (χ3n) is 4.05. The van der Waals surface area contributed by atoms with E-state index >= 15 is 0 Å². The summed E-state index contributed by atoms with van der Waals surface area (Å²) >= 11 is 0. The lowest BCUT2D eigenvalue weighted by Gasteiger charge is -2.36. The van der Waals surface area contributed by atoms with Crippen LogP contribution >= 0.6 is 0 Å². The lowest BCUT2D eigenvalue weighted by atomic mass is 9.92. The summed E-state index contributed by atoms with van der Waals surface area (Å²) in [4.78, 5) is 13.7. The van der Waals surface area contributed by atoms with Gasteiger partial charge in [-0.25, -0.2) is 0 Å². The first kappa shape index (κ1) is 15.0. The van der Waals surface area contributed by atoms with E-state index in [1.807, 2.05) is 37.3 Å². The first-order valence-electron chi connectivity index (χ1n) is 7.11. The van der Waals surface area contributed by atoms with E-state index in [0.717, 1.165) is 31.5 Å². The van der Waals surface area contributed by atoms with Crippen LogP contribution in [0.4, 0.5) is 0 Å². The number of hydrogen-bond donors (Lipinski definition) is 1. The van der Waals surface area contributed by atoms with Gasteiger partial charge in [0.1, 0.15) is 0 Å². The molecule has 1 aromatic carbocycles. The molecule has 1 aromatic rings. The highest BCUT2D eigenvalue weighted by atomic mass is 16.5. The maximum absolute atomic E-state index is 11.5. The van der Waals surface area contributed by atoms with Crippen molar-refractivity contribution in [2.75, 3.05) is 26.7 Å². The Hall–Kier alpha value is -1.39. The van der Waals surface area contributed by atoms with Crippen LogP contribution in [0.2, 0.25) is 0 Å². The first-order valence-corrected chi connectivity index (χ1v) is 7.11. The summed E-state index contributed by atoms with van der Waals surface area (Å²) < 4.78 is 4.79. The van der Waals surface area contributed by atoms with E-state index < -0.39 is 5.60 Å². The molecule has 1 N–H and O–H groups in total. The van der Waals surface area contributed by atoms with Crippen molar-refractivity contribution in [3.63, 3.8) is 0 Å². The molecule has 4 heteroatoms. The summed E-state index contributed by atoms with van der Waals surface area (Å²) in [5, 5.41) is 10.6. The van der Waals surface area contributed by atoms with Crippen LogP contribution in [0.3, 0.4) is 0 Å². The maximum Gasteiger partial charge on any atom is 0.308 e. The molecule has 0 amide bonds. The topological polar surface area (TPSA) is 49.8 Å². The second-order valence-corrected chi connectivity index (χ2v) is 5.71. The number of aliphatic hydroxyl groups is 1. The quantitative estimate of drug-likeness (QED) is 0.852. The van der Waals surface area contributed by atoms with Crippen LogP contribution in [-0.4, -0.2) is 42.7 Å². The van der Waals surface area contributed by atoms with Gasteiger partial charge in [0, 0.05) is 6.54 Å². The van der Waals surface area contributed by atoms with E-state index in [1.165, 1.54) is 7.11 Å². The van der Waals surface area contributed by atoms with Crippen molar-refractivity contribution in [1.29, 1.82) is 0 Å². The van der Waals surface area contributed by atoms with E-state index in [2.05, 4.69) is 4.90 Å². The molecule has 20 heavy (non-hydrogen) atoms. The second-order valence-electron chi connectivity index (χ2n) is 5.71. The van der Waals surface area contributed by atoms with Gasteiger partial charge in [-0.2, -0.15) is 0 Å². The molecular weight excluding hydrogens is 254 g/mol. The lowest BCUT2D eigenvalue weighted by Crippen LogP contribution is -2.44. The van der Waals surface area contributed by atoms with Gasteiger partial charge < -0.3 is 14.7 Å². The standard InChI is InChI=1S/C16H23NO3/c1-16(19,14-6-4-3-5-7-14)12-17-10-8-13(9-11-17)15(18)20-2/h3-7,13,19H,8-12H2,1-2H3. The van der Waals surface area contributed by atoms with Gasteiger partial charge >= 0.3 is 5.97 Å². The molecule has 1 fully saturated rings. The molecule has 0 radical (unpaired) electrons. The smallest absolute Gasteiger partial charge is 0.308 e. The summed E-state index contributed by atoms with van der Waals surface area (Å²) in [5.41, 5.74) is 0.0643. The van der Waals surface area contributed by atoms with Crippen molar-refractivity contribution in [2.45, 2.75) is 25.4 Å². The molecule has 1 heterocycles. The number of benzene rings is 1. The summed E-state index contributed by atoms with van der Waals surface area (Å²) in [5.74, 6) is -0.0996. The fourth-order valence-corrected chi connectivity index (χ4v) is 2.82. The minimum atomic E-state index is -0.862. The number of piperidine rings is 1. The summed E-state index contributed by atoms with van der Waals surface area (Å²) in [6.45, 7) is 4.07. The Kier molecular flexibility index (Phi) is 4.78. The molecule has 0 spiro atoms. The van der Waals surface area contributed by atoms with Crippen LogP contribution in [0, 0.1) is 5.92 Å². The molecule has 0 saturated carbocycles. The SMILES string of the molecule is COC(=O)C1CCN(CC(C)(O)c2ccccc2)CC1. The zero-order valence-electron chi connectivity index (χ0n) is 12.2. The molecule has 1 aliphatic heterocycles. The van der Waals surface area contributed by atoms with Gasteiger partial charge in [-0.05, 0) is 38.4 Å². The minimum Gasteiger partial charge on any atom is -0.469 e. The lowest BCUT2D eigenvalue weighted by molar-refractivity contribution is -0.147. The molecule has 1 saturated heterocycles. The number of ether oxygens (including phenoxy) is 1. The number of likely N-dealkylation sites (tertiary alicyclic amines) is 1. The van der Waals surface area contributed by atoms with E-state index in [4.69, 9.17) is 4.74 Å². The predicted molar refractivity (Wildman–Crippen MR) is 77.2 cm³/mol. The average Bonchev–Trinajstić information content (AvgIpc) is 2.48. The Morgan fingerprint density at radius 2 is 1.95 bits per heavy atom. The summed E-state index contributed by atoms with van der Waals surface area (Å²) in [7, 11) is 1.44. The van der Waals surface area contributed by atoms with Crippen LogP contribution in [0.25, 0.3) is 0 Å². The Labute approximate surface area is 120 Å². The highest BCUT2D eigenvalue weighted by Gasteiger charge is 2.30. The Morgan fingerprint density at radius 1 is 1.35 bits per heavy atom. The predicted octanol–water partition coefficient (Wildman–Crippen LogP) is 1.78. The van der Waals surface area contributed by atoms with Crippen molar-refractivity contribution in [3.8, 4) is 0 Å². The van der Waals surface area contributed by atoms with Crippen molar-refractivity contribution in [3.05, 3.63) is 35.9 Å². The van der Waals surface area contributed by atoms with Crippen LogP contribution in [0.5, 0.6) is 0 Å². The minimum absolute atomic E-state index is 0.0120. The van der Waals surface area contributed by atoms with Gasteiger partial charge in [-0.15, -0.1) is 0 Å². The third-order valence-corrected chi connectivity index (χ3v) is 4.05. The van der Waals surface area contributed by atoms with Gasteiger partial charge in [0.15, 0.2) is 0 Å². The summed E-state index contributed by atoms with van der Waals surface area (Å²) in [6, 6.07) is 9.71. The Bertz CT molecular complexity index is 436. The third kappa shape index (κ3) is 3.58. The Balaban J connectivity index is 1.91. The number of hydrogen-bond acceptors (Lipinski definition) is 4. The molecule has 0 bridgehead atoms. The number of carbonyl (C=O) groups is 1. The van der Waals surface area contributed by atoms with Crippen molar-refractivity contribution in [2.24, 2.45) is 5.92 Å². The van der Waals surface area contributed by atoms with Crippen LogP contribution in [-0.2, 0) is 15.1 Å². The number of nitrogens with zero attached hydrogens (tertiary/aromatic N) is 1. The molecule has 1 atom stereocenters. The molecular formula is C16H23NO3. The molecule has 1 unspecified atom stereocenters. The highest BCUT2D eigenvalue weighted by Crippen LogP contribution is 2.25. The molecule has 4 nitrogen and oxygen atoms in total. The molecule has 110 valence electrons.